The number of anilines is 1. The molecule has 0 aliphatic carbocycles. The van der Waals surface area contributed by atoms with Crippen molar-refractivity contribution in [2.24, 2.45) is 0 Å². The van der Waals surface area contributed by atoms with Crippen LogP contribution < -0.4 is 14.8 Å². The van der Waals surface area contributed by atoms with Crippen molar-refractivity contribution in [3.63, 3.8) is 0 Å². The van der Waals surface area contributed by atoms with Crippen molar-refractivity contribution < 1.29 is 19.4 Å². The van der Waals surface area contributed by atoms with Crippen LogP contribution in [0.15, 0.2) is 41.8 Å². The molecule has 0 bridgehead atoms. The molecule has 1 aliphatic rings. The Bertz CT molecular complexity index is 967. The number of benzene rings is 2. The molecule has 3 aromatic rings. The Kier molecular flexibility index (Phi) is 3.77. The zero-order chi connectivity index (χ0) is 17.4. The Hall–Kier alpha value is -3.06. The summed E-state index contributed by atoms with van der Waals surface area (Å²) in [6, 6.07) is 10.3. The van der Waals surface area contributed by atoms with Crippen molar-refractivity contribution in [1.29, 1.82) is 0 Å². The second kappa shape index (κ2) is 6.10. The lowest BCUT2D eigenvalue weighted by Crippen LogP contribution is -2.12. The maximum atomic E-state index is 12.5. The van der Waals surface area contributed by atoms with E-state index in [0.717, 1.165) is 16.3 Å². The molecule has 2 aromatic carbocycles. The van der Waals surface area contributed by atoms with Gasteiger partial charge in [-0.15, -0.1) is 11.3 Å². The van der Waals surface area contributed by atoms with Gasteiger partial charge in [-0.3, -0.25) is 4.79 Å². The molecule has 1 aliphatic heterocycles. The van der Waals surface area contributed by atoms with Gasteiger partial charge in [0.05, 0.1) is 16.3 Å². The van der Waals surface area contributed by atoms with Crippen LogP contribution in [-0.2, 0) is 0 Å². The highest BCUT2D eigenvalue weighted by Crippen LogP contribution is 2.37. The quantitative estimate of drug-likeness (QED) is 0.748. The minimum Gasteiger partial charge on any atom is -0.507 e. The van der Waals surface area contributed by atoms with Gasteiger partial charge >= 0.3 is 0 Å². The number of carbonyl (C=O) groups is 1. The number of amides is 1. The van der Waals surface area contributed by atoms with Crippen LogP contribution in [0.3, 0.4) is 0 Å². The maximum absolute atomic E-state index is 12.5. The van der Waals surface area contributed by atoms with Crippen molar-refractivity contribution in [2.75, 3.05) is 12.1 Å². The van der Waals surface area contributed by atoms with Gasteiger partial charge in [-0.2, -0.15) is 0 Å². The van der Waals surface area contributed by atoms with E-state index in [1.165, 1.54) is 12.1 Å². The van der Waals surface area contributed by atoms with Crippen LogP contribution in [0.5, 0.6) is 17.2 Å². The SMILES string of the molecule is Cc1nc(-c2cccc(NC(=O)c3cc4c(cc3O)OCO4)c2)cs1. The number of phenols is 1. The molecule has 1 amide bonds. The molecule has 0 fully saturated rings. The molecule has 25 heavy (non-hydrogen) atoms. The van der Waals surface area contributed by atoms with Crippen LogP contribution in [-0.4, -0.2) is 22.8 Å². The zero-order valence-electron chi connectivity index (χ0n) is 13.3. The van der Waals surface area contributed by atoms with E-state index in [4.69, 9.17) is 9.47 Å². The molecule has 6 nitrogen and oxygen atoms in total. The highest BCUT2D eigenvalue weighted by molar-refractivity contribution is 7.09. The molecule has 0 unspecified atom stereocenters. The average Bonchev–Trinajstić information content (AvgIpc) is 3.22. The van der Waals surface area contributed by atoms with Gasteiger partial charge in [0.15, 0.2) is 11.5 Å². The van der Waals surface area contributed by atoms with Gasteiger partial charge in [-0.05, 0) is 19.1 Å². The molecular formula is C18H14N2O4S. The molecule has 0 radical (unpaired) electrons. The number of aryl methyl sites for hydroxylation is 1. The van der Waals surface area contributed by atoms with Crippen LogP contribution in [0.4, 0.5) is 5.69 Å². The van der Waals surface area contributed by atoms with E-state index in [-0.39, 0.29) is 18.1 Å². The molecule has 0 atom stereocenters. The number of hydrogen-bond donors (Lipinski definition) is 2. The van der Waals surface area contributed by atoms with Crippen LogP contribution in [0.1, 0.15) is 15.4 Å². The first-order valence-corrected chi connectivity index (χ1v) is 8.44. The first kappa shape index (κ1) is 15.5. The third kappa shape index (κ3) is 3.01. The molecule has 0 spiro atoms. The van der Waals surface area contributed by atoms with Crippen molar-refractivity contribution in [2.45, 2.75) is 6.92 Å². The largest absolute Gasteiger partial charge is 0.507 e. The van der Waals surface area contributed by atoms with Crippen LogP contribution in [0.25, 0.3) is 11.3 Å². The molecule has 0 saturated heterocycles. The van der Waals surface area contributed by atoms with Gasteiger partial charge < -0.3 is 19.9 Å². The number of phenolic OH excluding ortho intramolecular Hbond substituents is 1. The van der Waals surface area contributed by atoms with E-state index in [0.29, 0.717) is 17.2 Å². The van der Waals surface area contributed by atoms with E-state index in [2.05, 4.69) is 10.3 Å². The molecule has 1 aromatic heterocycles. The highest BCUT2D eigenvalue weighted by Gasteiger charge is 2.21. The van der Waals surface area contributed by atoms with Crippen molar-refractivity contribution in [3.05, 3.63) is 52.3 Å². The normalized spacial score (nSPS) is 12.2. The Balaban J connectivity index is 1.59. The number of thiazole rings is 1. The Morgan fingerprint density at radius 3 is 2.80 bits per heavy atom. The summed E-state index contributed by atoms with van der Waals surface area (Å²) < 4.78 is 10.4. The summed E-state index contributed by atoms with van der Waals surface area (Å²) in [7, 11) is 0. The summed E-state index contributed by atoms with van der Waals surface area (Å²) in [5.74, 6) is 0.278. The fourth-order valence-corrected chi connectivity index (χ4v) is 3.19. The van der Waals surface area contributed by atoms with E-state index in [1.807, 2.05) is 30.5 Å². The summed E-state index contributed by atoms with van der Waals surface area (Å²) in [4.78, 5) is 17.0. The third-order valence-corrected chi connectivity index (χ3v) is 4.54. The van der Waals surface area contributed by atoms with Gasteiger partial charge in [0.1, 0.15) is 5.75 Å². The van der Waals surface area contributed by atoms with Crippen molar-refractivity contribution in [1.82, 2.24) is 4.98 Å². The summed E-state index contributed by atoms with van der Waals surface area (Å²) in [6.07, 6.45) is 0. The van der Waals surface area contributed by atoms with Crippen molar-refractivity contribution >= 4 is 22.9 Å². The number of aromatic nitrogens is 1. The molecule has 126 valence electrons. The monoisotopic (exact) mass is 354 g/mol. The summed E-state index contributed by atoms with van der Waals surface area (Å²) >= 11 is 1.57. The van der Waals surface area contributed by atoms with E-state index in [9.17, 15) is 9.90 Å². The maximum Gasteiger partial charge on any atom is 0.259 e. The number of nitrogens with zero attached hydrogens (tertiary/aromatic N) is 1. The van der Waals surface area contributed by atoms with Gasteiger partial charge in [0.2, 0.25) is 6.79 Å². The third-order valence-electron chi connectivity index (χ3n) is 3.77. The number of ether oxygens (including phenoxy) is 2. The van der Waals surface area contributed by atoms with Gasteiger partial charge in [0, 0.05) is 28.8 Å². The Morgan fingerprint density at radius 2 is 2.04 bits per heavy atom. The minimum atomic E-state index is -0.428. The number of fused-ring (bicyclic) bond motifs is 1. The first-order chi connectivity index (χ1) is 12.1. The lowest BCUT2D eigenvalue weighted by atomic mass is 10.1. The summed E-state index contributed by atoms with van der Waals surface area (Å²) in [6.45, 7) is 2.02. The van der Waals surface area contributed by atoms with Crippen LogP contribution in [0.2, 0.25) is 0 Å². The summed E-state index contributed by atoms with van der Waals surface area (Å²) in [5, 5.41) is 15.8. The summed E-state index contributed by atoms with van der Waals surface area (Å²) in [5.41, 5.74) is 2.52. The number of aromatic hydroxyl groups is 1. The zero-order valence-corrected chi connectivity index (χ0v) is 14.1. The second-order valence-corrected chi connectivity index (χ2v) is 6.57. The number of nitrogens with one attached hydrogen (secondary N) is 1. The lowest BCUT2D eigenvalue weighted by Gasteiger charge is -2.09. The number of rotatable bonds is 3. The predicted octanol–water partition coefficient (Wildman–Crippen LogP) is 3.81. The Labute approximate surface area is 147 Å². The number of hydrogen-bond acceptors (Lipinski definition) is 6. The van der Waals surface area contributed by atoms with E-state index >= 15 is 0 Å². The molecule has 4 rings (SSSR count). The fraction of sp³-hybridized carbons (Fsp3) is 0.111. The first-order valence-electron chi connectivity index (χ1n) is 7.57. The fourth-order valence-electron chi connectivity index (χ4n) is 2.56. The van der Waals surface area contributed by atoms with Crippen molar-refractivity contribution in [3.8, 4) is 28.5 Å². The standard InChI is InChI=1S/C18H14N2O4S/c1-10-19-14(8-25-10)11-3-2-4-12(5-11)20-18(22)13-6-16-17(7-15(13)21)24-9-23-16/h2-8,21H,9H2,1H3,(H,20,22). The smallest absolute Gasteiger partial charge is 0.259 e. The molecule has 2 heterocycles. The van der Waals surface area contributed by atoms with E-state index < -0.39 is 5.91 Å². The van der Waals surface area contributed by atoms with Gasteiger partial charge in [-0.1, -0.05) is 12.1 Å². The number of carbonyl (C=O) groups excluding carboxylic acids is 1. The molecular weight excluding hydrogens is 340 g/mol. The highest BCUT2D eigenvalue weighted by atomic mass is 32.1. The Morgan fingerprint density at radius 1 is 1.24 bits per heavy atom. The van der Waals surface area contributed by atoms with E-state index in [1.54, 1.807) is 17.4 Å². The lowest BCUT2D eigenvalue weighted by molar-refractivity contribution is 0.102. The van der Waals surface area contributed by atoms with Crippen LogP contribution >= 0.6 is 11.3 Å². The molecule has 2 N–H and O–H groups in total. The second-order valence-electron chi connectivity index (χ2n) is 5.51. The predicted molar refractivity (Wildman–Crippen MR) is 94.5 cm³/mol. The molecule has 7 heteroatoms. The average molecular weight is 354 g/mol. The minimum absolute atomic E-state index is 0.0783. The van der Waals surface area contributed by atoms with Gasteiger partial charge in [-0.25, -0.2) is 4.98 Å². The van der Waals surface area contributed by atoms with Crippen LogP contribution in [0, 0.1) is 6.92 Å². The molecule has 0 saturated carbocycles. The van der Waals surface area contributed by atoms with Gasteiger partial charge in [0.25, 0.3) is 5.91 Å². The topological polar surface area (TPSA) is 80.7 Å².